The van der Waals surface area contributed by atoms with E-state index in [0.717, 1.165) is 15.7 Å². The van der Waals surface area contributed by atoms with Gasteiger partial charge in [-0.05, 0) is 36.8 Å². The Labute approximate surface area is 170 Å². The van der Waals surface area contributed by atoms with E-state index in [4.69, 9.17) is 0 Å². The summed E-state index contributed by atoms with van der Waals surface area (Å²) in [7, 11) is 1.72. The van der Waals surface area contributed by atoms with Gasteiger partial charge in [-0.15, -0.1) is 0 Å². The fourth-order valence-electron chi connectivity index (χ4n) is 2.57. The minimum atomic E-state index is -0.474. The molecule has 0 unspecified atom stereocenters. The molecule has 0 saturated carbocycles. The summed E-state index contributed by atoms with van der Waals surface area (Å²) in [5, 5.41) is 15.7. The Morgan fingerprint density at radius 1 is 1.18 bits per heavy atom. The maximum Gasteiger partial charge on any atom is 0.333 e. The van der Waals surface area contributed by atoms with Gasteiger partial charge in [-0.2, -0.15) is 10.1 Å². The van der Waals surface area contributed by atoms with Crippen LogP contribution < -0.4 is 10.3 Å². The van der Waals surface area contributed by atoms with E-state index in [0.29, 0.717) is 0 Å². The van der Waals surface area contributed by atoms with Crippen LogP contribution in [0.1, 0.15) is 11.3 Å². The molecule has 1 N–H and O–H groups in total. The number of aromatic nitrogens is 2. The van der Waals surface area contributed by atoms with Crippen LogP contribution in [0.15, 0.2) is 64.2 Å². The number of rotatable bonds is 6. The van der Waals surface area contributed by atoms with E-state index >= 15 is 0 Å². The largest absolute Gasteiger partial charge is 0.333 e. The zero-order valence-corrected chi connectivity index (χ0v) is 16.8. The molecule has 0 aliphatic rings. The molecule has 1 aromatic heterocycles. The van der Waals surface area contributed by atoms with Crippen molar-refractivity contribution in [1.29, 1.82) is 0 Å². The van der Waals surface area contributed by atoms with Crippen LogP contribution in [0.3, 0.4) is 0 Å². The first kappa shape index (κ1) is 19.4. The highest BCUT2D eigenvalue weighted by atomic mass is 79.9. The molecule has 0 aliphatic heterocycles. The van der Waals surface area contributed by atoms with Crippen LogP contribution in [0.4, 0.5) is 23.1 Å². The highest BCUT2D eigenvalue weighted by molar-refractivity contribution is 9.10. The van der Waals surface area contributed by atoms with Gasteiger partial charge < -0.3 is 4.90 Å². The zero-order valence-electron chi connectivity index (χ0n) is 15.2. The minimum Gasteiger partial charge on any atom is -0.324 e. The second kappa shape index (κ2) is 8.57. The lowest BCUT2D eigenvalue weighted by molar-refractivity contribution is -0.385. The number of para-hydroxylation sites is 1. The van der Waals surface area contributed by atoms with Crippen molar-refractivity contribution < 1.29 is 4.92 Å². The Balaban J connectivity index is 1.93. The van der Waals surface area contributed by atoms with Gasteiger partial charge in [0.15, 0.2) is 0 Å². The number of nitro groups is 1. The molecule has 9 heteroatoms. The first-order chi connectivity index (χ1) is 13.5. The summed E-state index contributed by atoms with van der Waals surface area (Å²) in [6, 6.07) is 16.9. The van der Waals surface area contributed by atoms with E-state index in [1.807, 2.05) is 54.6 Å². The van der Waals surface area contributed by atoms with Gasteiger partial charge in [0.25, 0.3) is 0 Å². The third-order valence-corrected chi connectivity index (χ3v) is 4.40. The molecule has 0 amide bonds. The zero-order chi connectivity index (χ0) is 20.1. The fourth-order valence-corrected chi connectivity index (χ4v) is 2.99. The summed E-state index contributed by atoms with van der Waals surface area (Å²) in [5.74, 6) is 0.357. The Hall–Kier alpha value is -3.33. The standard InChI is InChI=1S/C19H17BrN6O2/c1-13-17(26(27)28)18(25(2)16-9-4-3-5-10-16)23-19(22-13)24-21-12-14-7-6-8-15(20)11-14/h3-12H,1-2H3,(H,22,23,24). The molecule has 2 aromatic carbocycles. The van der Waals surface area contributed by atoms with Crippen LogP contribution >= 0.6 is 15.9 Å². The second-order valence-corrected chi connectivity index (χ2v) is 6.80. The van der Waals surface area contributed by atoms with Crippen molar-refractivity contribution in [3.05, 3.63) is 80.4 Å². The Morgan fingerprint density at radius 2 is 1.93 bits per heavy atom. The maximum atomic E-state index is 11.6. The lowest BCUT2D eigenvalue weighted by atomic mass is 10.2. The van der Waals surface area contributed by atoms with E-state index in [2.05, 4.69) is 36.4 Å². The molecule has 0 aliphatic carbocycles. The number of nitrogens with one attached hydrogen (secondary N) is 1. The average molecular weight is 441 g/mol. The number of halogens is 1. The number of hydrazone groups is 1. The maximum absolute atomic E-state index is 11.6. The quantitative estimate of drug-likeness (QED) is 0.339. The van der Waals surface area contributed by atoms with Crippen molar-refractivity contribution in [2.24, 2.45) is 5.10 Å². The average Bonchev–Trinajstić information content (AvgIpc) is 2.67. The van der Waals surface area contributed by atoms with Gasteiger partial charge in [0.1, 0.15) is 5.69 Å². The van der Waals surface area contributed by atoms with Crippen LogP contribution in [-0.2, 0) is 0 Å². The van der Waals surface area contributed by atoms with Gasteiger partial charge in [-0.3, -0.25) is 10.1 Å². The van der Waals surface area contributed by atoms with Crippen molar-refractivity contribution >= 4 is 45.3 Å². The highest BCUT2D eigenvalue weighted by Crippen LogP contribution is 2.33. The summed E-state index contributed by atoms with van der Waals surface area (Å²) in [4.78, 5) is 21.2. The molecule has 142 valence electrons. The predicted molar refractivity (Wildman–Crippen MR) is 113 cm³/mol. The Bertz CT molecular complexity index is 1030. The first-order valence-electron chi connectivity index (χ1n) is 8.32. The molecule has 28 heavy (non-hydrogen) atoms. The molecular weight excluding hydrogens is 424 g/mol. The van der Waals surface area contributed by atoms with Crippen molar-refractivity contribution in [1.82, 2.24) is 9.97 Å². The molecular formula is C19H17BrN6O2. The molecule has 0 radical (unpaired) electrons. The molecule has 0 spiro atoms. The van der Waals surface area contributed by atoms with E-state index in [-0.39, 0.29) is 23.1 Å². The topological polar surface area (TPSA) is 96.6 Å². The summed E-state index contributed by atoms with van der Waals surface area (Å²) in [6.07, 6.45) is 1.62. The number of benzene rings is 2. The smallest absolute Gasteiger partial charge is 0.324 e. The summed E-state index contributed by atoms with van der Waals surface area (Å²) >= 11 is 3.40. The molecule has 0 saturated heterocycles. The molecule has 0 bridgehead atoms. The van der Waals surface area contributed by atoms with Crippen molar-refractivity contribution in [3.63, 3.8) is 0 Å². The molecule has 0 atom stereocenters. The van der Waals surface area contributed by atoms with E-state index in [1.54, 1.807) is 25.1 Å². The normalized spacial score (nSPS) is 10.8. The van der Waals surface area contributed by atoms with Crippen LogP contribution in [0.25, 0.3) is 0 Å². The SMILES string of the molecule is Cc1nc(NN=Cc2cccc(Br)c2)nc(N(C)c2ccccc2)c1[N+](=O)[O-]. The van der Waals surface area contributed by atoms with E-state index in [1.165, 1.54) is 0 Å². The number of hydrogen-bond donors (Lipinski definition) is 1. The van der Waals surface area contributed by atoms with Crippen molar-refractivity contribution in [2.75, 3.05) is 17.4 Å². The summed E-state index contributed by atoms with van der Waals surface area (Å²) < 4.78 is 0.936. The number of nitrogens with zero attached hydrogens (tertiary/aromatic N) is 5. The first-order valence-corrected chi connectivity index (χ1v) is 9.11. The third kappa shape index (κ3) is 4.49. The Kier molecular flexibility index (Phi) is 5.95. The van der Waals surface area contributed by atoms with Crippen LogP contribution in [0.2, 0.25) is 0 Å². The van der Waals surface area contributed by atoms with Crippen molar-refractivity contribution in [2.45, 2.75) is 6.92 Å². The van der Waals surface area contributed by atoms with E-state index < -0.39 is 4.92 Å². The Morgan fingerprint density at radius 3 is 2.61 bits per heavy atom. The fraction of sp³-hybridized carbons (Fsp3) is 0.105. The van der Waals surface area contributed by atoms with Crippen LogP contribution in [0, 0.1) is 17.0 Å². The van der Waals surface area contributed by atoms with Gasteiger partial charge in [-0.25, -0.2) is 10.4 Å². The molecule has 1 heterocycles. The van der Waals surface area contributed by atoms with Gasteiger partial charge in [-0.1, -0.05) is 46.3 Å². The lowest BCUT2D eigenvalue weighted by Gasteiger charge is -2.19. The second-order valence-electron chi connectivity index (χ2n) is 5.88. The molecule has 8 nitrogen and oxygen atoms in total. The molecule has 3 aromatic rings. The summed E-state index contributed by atoms with van der Waals surface area (Å²) in [6.45, 7) is 1.57. The van der Waals surface area contributed by atoms with Gasteiger partial charge in [0.2, 0.25) is 11.8 Å². The third-order valence-electron chi connectivity index (χ3n) is 3.91. The van der Waals surface area contributed by atoms with E-state index in [9.17, 15) is 10.1 Å². The van der Waals surface area contributed by atoms with Gasteiger partial charge in [0.05, 0.1) is 11.1 Å². The number of anilines is 3. The monoisotopic (exact) mass is 440 g/mol. The van der Waals surface area contributed by atoms with Gasteiger partial charge in [0, 0.05) is 17.2 Å². The van der Waals surface area contributed by atoms with Crippen molar-refractivity contribution in [3.8, 4) is 0 Å². The minimum absolute atomic E-state index is 0.145. The highest BCUT2D eigenvalue weighted by Gasteiger charge is 2.25. The summed E-state index contributed by atoms with van der Waals surface area (Å²) in [5.41, 5.74) is 4.50. The van der Waals surface area contributed by atoms with Crippen LogP contribution in [-0.4, -0.2) is 28.2 Å². The number of aryl methyl sites for hydroxylation is 1. The lowest BCUT2D eigenvalue weighted by Crippen LogP contribution is -2.16. The van der Waals surface area contributed by atoms with Gasteiger partial charge >= 0.3 is 5.69 Å². The molecule has 0 fully saturated rings. The van der Waals surface area contributed by atoms with Crippen LogP contribution in [0.5, 0.6) is 0 Å². The number of hydrogen-bond acceptors (Lipinski definition) is 7. The predicted octanol–water partition coefficient (Wildman–Crippen LogP) is 4.67. The molecule has 3 rings (SSSR count).